The first-order valence-corrected chi connectivity index (χ1v) is 7.25. The van der Waals surface area contributed by atoms with Gasteiger partial charge in [-0.1, -0.05) is 0 Å². The van der Waals surface area contributed by atoms with Crippen molar-refractivity contribution in [3.8, 4) is 0 Å². The van der Waals surface area contributed by atoms with E-state index in [0.29, 0.717) is 0 Å². The zero-order valence-corrected chi connectivity index (χ0v) is 12.9. The third-order valence-electron chi connectivity index (χ3n) is 3.54. The van der Waals surface area contributed by atoms with Crippen LogP contribution in [0.4, 0.5) is 0 Å². The molecule has 0 bridgehead atoms. The highest BCUT2D eigenvalue weighted by atomic mass is 17.0. The Bertz CT molecular complexity index is 488. The van der Waals surface area contributed by atoms with Crippen molar-refractivity contribution in [3.05, 3.63) is 10.1 Å². The molecule has 0 radical (unpaired) electrons. The van der Waals surface area contributed by atoms with Crippen molar-refractivity contribution in [3.63, 3.8) is 0 Å². The van der Waals surface area contributed by atoms with Crippen molar-refractivity contribution in [2.45, 2.75) is 37.5 Å². The quantitative estimate of drug-likeness (QED) is 0.182. The summed E-state index contributed by atoms with van der Waals surface area (Å²) in [6.45, 7) is 0.817. The maximum atomic E-state index is 11.4. The second kappa shape index (κ2) is 8.19. The first kappa shape index (κ1) is 18.3. The summed E-state index contributed by atoms with van der Waals surface area (Å²) in [6, 6.07) is -0.407. The summed E-state index contributed by atoms with van der Waals surface area (Å²) in [7, 11) is 0. The number of nitrogens with one attached hydrogen (secondary N) is 2. The number of aliphatic hydroxyl groups is 1. The summed E-state index contributed by atoms with van der Waals surface area (Å²) in [4.78, 5) is 36.8. The van der Waals surface area contributed by atoms with E-state index in [-0.39, 0.29) is 19.8 Å². The van der Waals surface area contributed by atoms with Gasteiger partial charge in [0.2, 0.25) is 0 Å². The first-order chi connectivity index (χ1) is 11.4. The van der Waals surface area contributed by atoms with Crippen LogP contribution >= 0.6 is 0 Å². The zero-order valence-electron chi connectivity index (χ0n) is 12.9. The maximum Gasteiger partial charge on any atom is 0.303 e. The number of aliphatic hydroxyl groups excluding tert-OH is 1. The van der Waals surface area contributed by atoms with Crippen LogP contribution in [0.3, 0.4) is 0 Å². The monoisotopic (exact) mass is 349 g/mol. The third kappa shape index (κ3) is 4.99. The normalized spacial score (nSPS) is 29.6. The predicted octanol–water partition coefficient (Wildman–Crippen LogP) is -2.68. The Hall–Kier alpha value is -2.02. The second-order valence-electron chi connectivity index (χ2n) is 5.34. The van der Waals surface area contributed by atoms with Crippen LogP contribution in [-0.2, 0) is 28.6 Å². The molecule has 0 spiro atoms. The van der Waals surface area contributed by atoms with Gasteiger partial charge in [0, 0.05) is 6.92 Å². The van der Waals surface area contributed by atoms with Crippen LogP contribution < -0.4 is 10.6 Å². The summed E-state index contributed by atoms with van der Waals surface area (Å²) < 4.78 is 15.4. The van der Waals surface area contributed by atoms with Gasteiger partial charge in [-0.2, -0.15) is 0 Å². The number of rotatable bonds is 8. The molecule has 0 aromatic rings. The fourth-order valence-electron chi connectivity index (χ4n) is 2.54. The Labute approximate surface area is 136 Å². The number of amides is 1. The van der Waals surface area contributed by atoms with Gasteiger partial charge in [0.1, 0.15) is 18.4 Å². The molecule has 3 N–H and O–H groups in total. The molecule has 0 aliphatic carbocycles. The van der Waals surface area contributed by atoms with Crippen molar-refractivity contribution >= 4 is 11.9 Å². The van der Waals surface area contributed by atoms with Gasteiger partial charge in [-0.3, -0.25) is 14.9 Å². The second-order valence-corrected chi connectivity index (χ2v) is 5.34. The maximum absolute atomic E-state index is 11.4. The smallest absolute Gasteiger partial charge is 0.303 e. The minimum Gasteiger partial charge on any atom is -0.456 e. The van der Waals surface area contributed by atoms with Gasteiger partial charge in [-0.25, -0.2) is 0 Å². The average Bonchev–Trinajstić information content (AvgIpc) is 3.07. The predicted molar refractivity (Wildman–Crippen MR) is 73.9 cm³/mol. The van der Waals surface area contributed by atoms with E-state index in [1.807, 2.05) is 0 Å². The van der Waals surface area contributed by atoms with Crippen LogP contribution in [0.5, 0.6) is 0 Å². The topological polar surface area (TPSA) is 158 Å². The average molecular weight is 349 g/mol. The third-order valence-corrected chi connectivity index (χ3v) is 3.54. The molecule has 24 heavy (non-hydrogen) atoms. The molecule has 2 aliphatic heterocycles. The molecule has 2 heterocycles. The molecule has 2 aliphatic rings. The van der Waals surface area contributed by atoms with Gasteiger partial charge in [-0.05, 0) is 0 Å². The Kier molecular flexibility index (Phi) is 6.25. The molecule has 136 valence electrons. The van der Waals surface area contributed by atoms with Crippen LogP contribution in [0.15, 0.2) is 0 Å². The molecule has 2 saturated heterocycles. The minimum atomic E-state index is -1.10. The van der Waals surface area contributed by atoms with Crippen molar-refractivity contribution in [2.24, 2.45) is 0 Å². The van der Waals surface area contributed by atoms with Crippen molar-refractivity contribution in [1.29, 1.82) is 0 Å². The highest BCUT2D eigenvalue weighted by Gasteiger charge is 2.49. The molecule has 0 aromatic carbocycles. The number of carbonyl (C=O) groups is 2. The number of carbonyl (C=O) groups excluding carboxylic acids is 2. The molecule has 2 unspecified atom stereocenters. The van der Waals surface area contributed by atoms with Gasteiger partial charge in [0.25, 0.3) is 11.0 Å². The van der Waals surface area contributed by atoms with Gasteiger partial charge < -0.3 is 29.5 Å². The van der Waals surface area contributed by atoms with Crippen molar-refractivity contribution in [1.82, 2.24) is 10.6 Å². The lowest BCUT2D eigenvalue weighted by Crippen LogP contribution is -2.50. The lowest BCUT2D eigenvalue weighted by atomic mass is 10.1. The standard InChI is InChI=1S/C12H19N3O9/c1-6(16)21-5-10(18)13-2-9(17)14-7-3-22-12-8(24-15(19)20)4-23-11(7)12/h7-9,11-12,14,17H,2-5H2,1H3,(H,13,18)/t7-,8?,9?,11+,12+/m0/s1. The van der Waals surface area contributed by atoms with E-state index in [0.717, 1.165) is 0 Å². The van der Waals surface area contributed by atoms with E-state index in [1.165, 1.54) is 6.92 Å². The molecular formula is C12H19N3O9. The first-order valence-electron chi connectivity index (χ1n) is 7.25. The molecule has 2 fully saturated rings. The highest BCUT2D eigenvalue weighted by molar-refractivity contribution is 5.79. The lowest BCUT2D eigenvalue weighted by molar-refractivity contribution is -0.769. The summed E-state index contributed by atoms with van der Waals surface area (Å²) in [6.07, 6.45) is -3.00. The van der Waals surface area contributed by atoms with E-state index < -0.39 is 54.2 Å². The summed E-state index contributed by atoms with van der Waals surface area (Å²) in [5.41, 5.74) is 0. The number of esters is 1. The number of hydrogen-bond donors (Lipinski definition) is 3. The van der Waals surface area contributed by atoms with Crippen molar-refractivity contribution < 1.29 is 38.8 Å². The van der Waals surface area contributed by atoms with E-state index >= 15 is 0 Å². The van der Waals surface area contributed by atoms with Crippen molar-refractivity contribution in [2.75, 3.05) is 26.4 Å². The van der Waals surface area contributed by atoms with E-state index in [1.54, 1.807) is 0 Å². The fourth-order valence-corrected chi connectivity index (χ4v) is 2.54. The van der Waals surface area contributed by atoms with Crippen LogP contribution in [0.2, 0.25) is 0 Å². The zero-order chi connectivity index (χ0) is 17.7. The summed E-state index contributed by atoms with van der Waals surface area (Å²) in [5.74, 6) is -1.13. The largest absolute Gasteiger partial charge is 0.456 e. The number of fused-ring (bicyclic) bond motifs is 1. The number of hydrogen-bond acceptors (Lipinski definition) is 10. The van der Waals surface area contributed by atoms with Gasteiger partial charge in [0.05, 0.1) is 25.8 Å². The van der Waals surface area contributed by atoms with Crippen LogP contribution in [0.25, 0.3) is 0 Å². The minimum absolute atomic E-state index is 0.0176. The number of nitrogens with zero attached hydrogens (tertiary/aromatic N) is 1. The van der Waals surface area contributed by atoms with E-state index in [2.05, 4.69) is 20.2 Å². The molecule has 5 atom stereocenters. The van der Waals surface area contributed by atoms with Crippen LogP contribution in [0, 0.1) is 10.1 Å². The Morgan fingerprint density at radius 2 is 2.08 bits per heavy atom. The van der Waals surface area contributed by atoms with Crippen LogP contribution in [-0.4, -0.2) is 79.0 Å². The Morgan fingerprint density at radius 3 is 2.75 bits per heavy atom. The Morgan fingerprint density at radius 1 is 1.38 bits per heavy atom. The molecular weight excluding hydrogens is 330 g/mol. The summed E-state index contributed by atoms with van der Waals surface area (Å²) >= 11 is 0. The van der Waals surface area contributed by atoms with E-state index in [4.69, 9.17) is 9.47 Å². The highest BCUT2D eigenvalue weighted by Crippen LogP contribution is 2.29. The summed E-state index contributed by atoms with van der Waals surface area (Å²) in [5, 5.41) is 24.6. The molecule has 2 rings (SSSR count). The van der Waals surface area contributed by atoms with Gasteiger partial charge in [0.15, 0.2) is 12.7 Å². The lowest BCUT2D eigenvalue weighted by Gasteiger charge is -2.21. The Balaban J connectivity index is 1.71. The number of ether oxygens (including phenoxy) is 3. The van der Waals surface area contributed by atoms with Crippen LogP contribution in [0.1, 0.15) is 6.92 Å². The van der Waals surface area contributed by atoms with E-state index in [9.17, 15) is 24.8 Å². The fraction of sp³-hybridized carbons (Fsp3) is 0.833. The van der Waals surface area contributed by atoms with Gasteiger partial charge >= 0.3 is 5.97 Å². The van der Waals surface area contributed by atoms with Gasteiger partial charge in [-0.15, -0.1) is 10.1 Å². The molecule has 1 amide bonds. The molecule has 0 saturated carbocycles. The SMILES string of the molecule is CC(=O)OCC(=O)NCC(O)N[C@H]1CO[C@@H]2C(O[N+](=O)[O-])CO[C@H]12. The molecule has 12 nitrogen and oxygen atoms in total. The molecule has 0 aromatic heterocycles. The molecule has 12 heteroatoms.